The average Bonchev–Trinajstić information content (AvgIpc) is 2.62. The minimum atomic E-state index is -0.385. The fraction of sp³-hybridized carbons (Fsp3) is 0.571. The Balaban J connectivity index is 2.66. The number of amides is 1. The third-order valence-corrected chi connectivity index (χ3v) is 4.37. The molecule has 0 heterocycles. The summed E-state index contributed by atoms with van der Waals surface area (Å²) in [5.74, 6) is -0.398. The molecule has 1 amide bonds. The Kier molecular flexibility index (Phi) is 9.03. The predicted molar refractivity (Wildman–Crippen MR) is 102 cm³/mol. The highest BCUT2D eigenvalue weighted by atomic mass is 16.5. The standard InChI is InChI=1S/C21H31NO4/c1-15(2)12-13-22(14-17(4)21(25)26-5)20(24)11-10-19(23)18-8-6-16(3)7-9-18/h6-9,15,17H,10-14H2,1-5H3. The van der Waals surface area contributed by atoms with E-state index < -0.39 is 0 Å². The van der Waals surface area contributed by atoms with Gasteiger partial charge in [-0.25, -0.2) is 0 Å². The molecule has 1 aromatic rings. The molecule has 0 aliphatic heterocycles. The minimum absolute atomic E-state index is 0.0387. The summed E-state index contributed by atoms with van der Waals surface area (Å²) in [7, 11) is 1.35. The molecule has 1 rings (SSSR count). The van der Waals surface area contributed by atoms with Crippen LogP contribution in [0.4, 0.5) is 0 Å². The average molecular weight is 361 g/mol. The van der Waals surface area contributed by atoms with Gasteiger partial charge in [-0.1, -0.05) is 50.6 Å². The number of benzene rings is 1. The molecule has 0 aliphatic carbocycles. The summed E-state index contributed by atoms with van der Waals surface area (Å²) in [6, 6.07) is 7.36. The quantitative estimate of drug-likeness (QED) is 0.471. The number of hydrogen-bond acceptors (Lipinski definition) is 4. The maximum atomic E-state index is 12.6. The summed E-state index contributed by atoms with van der Waals surface area (Å²) in [6.45, 7) is 8.79. The van der Waals surface area contributed by atoms with Crippen LogP contribution in [-0.2, 0) is 14.3 Å². The molecular weight excluding hydrogens is 330 g/mol. The van der Waals surface area contributed by atoms with Crippen LogP contribution in [0, 0.1) is 18.8 Å². The summed E-state index contributed by atoms with van der Waals surface area (Å²) in [5.41, 5.74) is 1.72. The molecule has 0 N–H and O–H groups in total. The van der Waals surface area contributed by atoms with E-state index in [0.717, 1.165) is 12.0 Å². The van der Waals surface area contributed by atoms with Crippen molar-refractivity contribution in [2.45, 2.75) is 47.0 Å². The lowest BCUT2D eigenvalue weighted by Crippen LogP contribution is -2.38. The second-order valence-corrected chi connectivity index (χ2v) is 7.24. The maximum Gasteiger partial charge on any atom is 0.310 e. The molecule has 0 bridgehead atoms. The van der Waals surface area contributed by atoms with Gasteiger partial charge in [-0.05, 0) is 19.3 Å². The van der Waals surface area contributed by atoms with Gasteiger partial charge in [0.05, 0.1) is 13.0 Å². The number of nitrogens with zero attached hydrogens (tertiary/aromatic N) is 1. The summed E-state index contributed by atoms with van der Waals surface area (Å²) < 4.78 is 4.75. The molecule has 1 atom stereocenters. The first-order chi connectivity index (χ1) is 12.2. The number of ether oxygens (including phenoxy) is 1. The van der Waals surface area contributed by atoms with Crippen molar-refractivity contribution >= 4 is 17.7 Å². The molecule has 0 fully saturated rings. The lowest BCUT2D eigenvalue weighted by Gasteiger charge is -2.26. The summed E-state index contributed by atoms with van der Waals surface area (Å²) in [6.07, 6.45) is 1.18. The van der Waals surface area contributed by atoms with Crippen molar-refractivity contribution in [3.63, 3.8) is 0 Å². The Labute approximate surface area is 156 Å². The maximum absolute atomic E-state index is 12.6. The molecule has 0 saturated carbocycles. The zero-order valence-electron chi connectivity index (χ0n) is 16.6. The van der Waals surface area contributed by atoms with Crippen LogP contribution in [0.2, 0.25) is 0 Å². The highest BCUT2D eigenvalue weighted by Crippen LogP contribution is 2.12. The van der Waals surface area contributed by atoms with E-state index in [-0.39, 0.29) is 36.4 Å². The van der Waals surface area contributed by atoms with E-state index in [0.29, 0.717) is 24.6 Å². The second kappa shape index (κ2) is 10.7. The molecule has 144 valence electrons. The number of esters is 1. The Bertz CT molecular complexity index is 607. The molecule has 0 radical (unpaired) electrons. The van der Waals surface area contributed by atoms with Crippen LogP contribution >= 0.6 is 0 Å². The van der Waals surface area contributed by atoms with Gasteiger partial charge in [0, 0.05) is 31.5 Å². The van der Waals surface area contributed by atoms with Crippen molar-refractivity contribution in [3.8, 4) is 0 Å². The molecule has 0 aromatic heterocycles. The van der Waals surface area contributed by atoms with Crippen LogP contribution in [-0.4, -0.2) is 42.8 Å². The van der Waals surface area contributed by atoms with Crippen LogP contribution in [0.5, 0.6) is 0 Å². The topological polar surface area (TPSA) is 63.7 Å². The van der Waals surface area contributed by atoms with Gasteiger partial charge in [0.25, 0.3) is 0 Å². The SMILES string of the molecule is COC(=O)C(C)CN(CCC(C)C)C(=O)CCC(=O)c1ccc(C)cc1. The predicted octanol–water partition coefficient (Wildman–Crippen LogP) is 3.64. The van der Waals surface area contributed by atoms with Gasteiger partial charge in [0.2, 0.25) is 5.91 Å². The van der Waals surface area contributed by atoms with Crippen LogP contribution in [0.1, 0.15) is 56.0 Å². The number of Topliss-reactive ketones (excluding diaryl/α,β-unsaturated/α-hetero) is 1. The Morgan fingerprint density at radius 2 is 1.65 bits per heavy atom. The Morgan fingerprint density at radius 3 is 2.19 bits per heavy atom. The Morgan fingerprint density at radius 1 is 1.04 bits per heavy atom. The first-order valence-corrected chi connectivity index (χ1v) is 9.20. The molecule has 0 aliphatic rings. The van der Waals surface area contributed by atoms with Crippen molar-refractivity contribution in [2.75, 3.05) is 20.2 Å². The monoisotopic (exact) mass is 361 g/mol. The zero-order chi connectivity index (χ0) is 19.7. The number of carbonyl (C=O) groups excluding carboxylic acids is 3. The van der Waals surface area contributed by atoms with E-state index in [1.165, 1.54) is 7.11 Å². The number of hydrogen-bond donors (Lipinski definition) is 0. The van der Waals surface area contributed by atoms with E-state index in [4.69, 9.17) is 4.74 Å². The van der Waals surface area contributed by atoms with Gasteiger partial charge >= 0.3 is 5.97 Å². The number of carbonyl (C=O) groups is 3. The highest BCUT2D eigenvalue weighted by Gasteiger charge is 2.22. The summed E-state index contributed by atoms with van der Waals surface area (Å²) in [5, 5.41) is 0. The number of ketones is 1. The van der Waals surface area contributed by atoms with E-state index >= 15 is 0 Å². The first-order valence-electron chi connectivity index (χ1n) is 9.20. The van der Waals surface area contributed by atoms with Gasteiger partial charge in [0.15, 0.2) is 5.78 Å². The van der Waals surface area contributed by atoms with Crippen molar-refractivity contribution in [3.05, 3.63) is 35.4 Å². The fourth-order valence-corrected chi connectivity index (χ4v) is 2.60. The second-order valence-electron chi connectivity index (χ2n) is 7.24. The van der Waals surface area contributed by atoms with Crippen LogP contribution in [0.15, 0.2) is 24.3 Å². The molecule has 26 heavy (non-hydrogen) atoms. The van der Waals surface area contributed by atoms with Gasteiger partial charge in [-0.15, -0.1) is 0 Å². The third kappa shape index (κ3) is 7.38. The number of methoxy groups -OCH3 is 1. The van der Waals surface area contributed by atoms with E-state index in [9.17, 15) is 14.4 Å². The summed E-state index contributed by atoms with van der Waals surface area (Å²) >= 11 is 0. The molecule has 0 saturated heterocycles. The van der Waals surface area contributed by atoms with E-state index in [1.807, 2.05) is 19.1 Å². The molecule has 0 spiro atoms. The number of aryl methyl sites for hydroxylation is 1. The first kappa shape index (κ1) is 21.9. The zero-order valence-corrected chi connectivity index (χ0v) is 16.6. The normalized spacial score (nSPS) is 11.9. The van der Waals surface area contributed by atoms with E-state index in [1.54, 1.807) is 24.0 Å². The third-order valence-electron chi connectivity index (χ3n) is 4.37. The van der Waals surface area contributed by atoms with Crippen molar-refractivity contribution < 1.29 is 19.1 Å². The largest absolute Gasteiger partial charge is 0.469 e. The van der Waals surface area contributed by atoms with Crippen LogP contribution in [0.3, 0.4) is 0 Å². The molecule has 5 nitrogen and oxygen atoms in total. The van der Waals surface area contributed by atoms with Gasteiger partial charge in [0.1, 0.15) is 0 Å². The summed E-state index contributed by atoms with van der Waals surface area (Å²) in [4.78, 5) is 38.3. The van der Waals surface area contributed by atoms with Crippen molar-refractivity contribution in [2.24, 2.45) is 11.8 Å². The highest BCUT2D eigenvalue weighted by molar-refractivity contribution is 5.98. The van der Waals surface area contributed by atoms with Crippen LogP contribution < -0.4 is 0 Å². The van der Waals surface area contributed by atoms with Crippen molar-refractivity contribution in [1.82, 2.24) is 4.90 Å². The van der Waals surface area contributed by atoms with Crippen molar-refractivity contribution in [1.29, 1.82) is 0 Å². The van der Waals surface area contributed by atoms with E-state index in [2.05, 4.69) is 13.8 Å². The smallest absolute Gasteiger partial charge is 0.310 e. The van der Waals surface area contributed by atoms with Gasteiger partial charge in [-0.3, -0.25) is 14.4 Å². The number of rotatable bonds is 10. The fourth-order valence-electron chi connectivity index (χ4n) is 2.60. The van der Waals surface area contributed by atoms with Crippen LogP contribution in [0.25, 0.3) is 0 Å². The Hall–Kier alpha value is -2.17. The van der Waals surface area contributed by atoms with Gasteiger partial charge < -0.3 is 9.64 Å². The lowest BCUT2D eigenvalue weighted by atomic mass is 10.0. The molecule has 1 unspecified atom stereocenters. The molecule has 1 aromatic carbocycles. The lowest BCUT2D eigenvalue weighted by molar-refractivity contribution is -0.146. The minimum Gasteiger partial charge on any atom is -0.469 e. The molecule has 5 heteroatoms. The molecular formula is C21H31NO4. The van der Waals surface area contributed by atoms with Gasteiger partial charge in [-0.2, -0.15) is 0 Å².